The summed E-state index contributed by atoms with van der Waals surface area (Å²) in [7, 11) is 0. The van der Waals surface area contributed by atoms with Crippen molar-refractivity contribution in [2.45, 2.75) is 44.6 Å². The number of hydrogen-bond donors (Lipinski definition) is 0. The molecule has 4 rings (SSSR count). The summed E-state index contributed by atoms with van der Waals surface area (Å²) in [6.07, 6.45) is 5.88. The van der Waals surface area contributed by atoms with E-state index in [-0.39, 0.29) is 0 Å². The van der Waals surface area contributed by atoms with Crippen LogP contribution in [0.4, 0.5) is 0 Å². The lowest BCUT2D eigenvalue weighted by atomic mass is 9.50. The van der Waals surface area contributed by atoms with Gasteiger partial charge in [0.05, 0.1) is 17.4 Å². The fraction of sp³-hybridized carbons (Fsp3) is 0.800. The highest BCUT2D eigenvalue weighted by molar-refractivity contribution is 5.11. The smallest absolute Gasteiger partial charge is 0.0852 e. The Bertz CT molecular complexity index is 323. The zero-order chi connectivity index (χ0) is 9.05. The molecule has 3 aliphatic rings. The molecule has 3 heteroatoms. The molecule has 2 bridgehead atoms. The molecule has 0 aliphatic heterocycles. The van der Waals surface area contributed by atoms with E-state index < -0.39 is 0 Å². The van der Waals surface area contributed by atoms with Crippen molar-refractivity contribution in [2.24, 2.45) is 5.92 Å². The van der Waals surface area contributed by atoms with E-state index in [2.05, 4.69) is 24.0 Å². The maximum Gasteiger partial charge on any atom is 0.0852 e. The Morgan fingerprint density at radius 1 is 1.46 bits per heavy atom. The molecule has 3 aliphatic carbocycles. The average Bonchev–Trinajstić information content (AvgIpc) is 2.28. The van der Waals surface area contributed by atoms with Gasteiger partial charge in [-0.3, -0.25) is 0 Å². The molecule has 0 radical (unpaired) electrons. The van der Waals surface area contributed by atoms with E-state index in [1.54, 1.807) is 0 Å². The van der Waals surface area contributed by atoms with E-state index in [0.29, 0.717) is 11.5 Å². The van der Waals surface area contributed by atoms with Gasteiger partial charge >= 0.3 is 0 Å². The van der Waals surface area contributed by atoms with Gasteiger partial charge in [-0.05, 0) is 31.1 Å². The lowest BCUT2D eigenvalue weighted by Gasteiger charge is -2.60. The van der Waals surface area contributed by atoms with Gasteiger partial charge in [-0.25, -0.2) is 0 Å². The molecule has 0 aromatic carbocycles. The van der Waals surface area contributed by atoms with Crippen LogP contribution in [0.2, 0.25) is 0 Å². The largest absolute Gasteiger partial charge is 0.178 e. The number of rotatable bonds is 2. The molecule has 3 nitrogen and oxygen atoms in total. The zero-order valence-electron chi connectivity index (χ0n) is 8.20. The minimum atomic E-state index is 0.359. The SMILES string of the molecule is CC(C)c1cnn(C23CC(C2)C3)n1. The van der Waals surface area contributed by atoms with Crippen LogP contribution in [0.5, 0.6) is 0 Å². The van der Waals surface area contributed by atoms with Crippen LogP contribution in [0.3, 0.4) is 0 Å². The van der Waals surface area contributed by atoms with Gasteiger partial charge in [-0.2, -0.15) is 15.0 Å². The normalized spacial score (nSPS) is 35.8. The van der Waals surface area contributed by atoms with Gasteiger partial charge in [0.1, 0.15) is 0 Å². The molecule has 1 aromatic heterocycles. The van der Waals surface area contributed by atoms with Crippen molar-refractivity contribution in [3.8, 4) is 0 Å². The zero-order valence-corrected chi connectivity index (χ0v) is 8.20. The van der Waals surface area contributed by atoms with Crippen LogP contribution in [-0.4, -0.2) is 15.0 Å². The molecule has 70 valence electrons. The third kappa shape index (κ3) is 0.847. The van der Waals surface area contributed by atoms with Crippen LogP contribution in [0, 0.1) is 5.92 Å². The summed E-state index contributed by atoms with van der Waals surface area (Å²) in [5, 5.41) is 8.92. The first kappa shape index (κ1) is 7.54. The summed E-state index contributed by atoms with van der Waals surface area (Å²) >= 11 is 0. The van der Waals surface area contributed by atoms with E-state index in [0.717, 1.165) is 11.6 Å². The molecule has 3 fully saturated rings. The minimum Gasteiger partial charge on any atom is -0.178 e. The van der Waals surface area contributed by atoms with E-state index in [1.165, 1.54) is 19.3 Å². The minimum absolute atomic E-state index is 0.359. The second kappa shape index (κ2) is 2.14. The summed E-state index contributed by atoms with van der Waals surface area (Å²) in [6, 6.07) is 0. The maximum atomic E-state index is 4.55. The quantitative estimate of drug-likeness (QED) is 0.691. The number of aromatic nitrogens is 3. The first-order valence-corrected chi connectivity index (χ1v) is 5.12. The second-order valence-corrected chi connectivity index (χ2v) is 4.92. The highest BCUT2D eigenvalue weighted by Crippen LogP contribution is 2.61. The second-order valence-electron chi connectivity index (χ2n) is 4.92. The third-order valence-corrected chi connectivity index (χ3v) is 3.53. The van der Waals surface area contributed by atoms with Gasteiger partial charge in [-0.1, -0.05) is 13.8 Å². The van der Waals surface area contributed by atoms with Gasteiger partial charge in [0.25, 0.3) is 0 Å². The van der Waals surface area contributed by atoms with Gasteiger partial charge in [0.15, 0.2) is 0 Å². The van der Waals surface area contributed by atoms with Crippen molar-refractivity contribution in [1.29, 1.82) is 0 Å². The van der Waals surface area contributed by atoms with Crippen molar-refractivity contribution in [3.05, 3.63) is 11.9 Å². The molecule has 1 aromatic rings. The molecule has 0 N–H and O–H groups in total. The van der Waals surface area contributed by atoms with Crippen molar-refractivity contribution in [3.63, 3.8) is 0 Å². The summed E-state index contributed by atoms with van der Waals surface area (Å²) in [5.74, 6) is 1.49. The Kier molecular flexibility index (Phi) is 1.24. The van der Waals surface area contributed by atoms with Crippen LogP contribution in [0.1, 0.15) is 44.7 Å². The molecule has 3 saturated carbocycles. The van der Waals surface area contributed by atoms with E-state index in [1.807, 2.05) is 11.0 Å². The van der Waals surface area contributed by atoms with Gasteiger partial charge in [0.2, 0.25) is 0 Å². The molecule has 13 heavy (non-hydrogen) atoms. The van der Waals surface area contributed by atoms with Crippen molar-refractivity contribution >= 4 is 0 Å². The maximum absolute atomic E-state index is 4.55. The molecule has 0 atom stereocenters. The highest BCUT2D eigenvalue weighted by Gasteiger charge is 2.59. The van der Waals surface area contributed by atoms with E-state index in [9.17, 15) is 0 Å². The third-order valence-electron chi connectivity index (χ3n) is 3.53. The molecule has 0 spiro atoms. The Labute approximate surface area is 78.1 Å². The van der Waals surface area contributed by atoms with Gasteiger partial charge in [0, 0.05) is 0 Å². The van der Waals surface area contributed by atoms with Crippen molar-refractivity contribution < 1.29 is 0 Å². The van der Waals surface area contributed by atoms with Crippen LogP contribution < -0.4 is 0 Å². The summed E-state index contributed by atoms with van der Waals surface area (Å²) in [6.45, 7) is 4.33. The topological polar surface area (TPSA) is 30.7 Å². The molecule has 0 unspecified atom stereocenters. The fourth-order valence-corrected chi connectivity index (χ4v) is 2.45. The molecule has 1 heterocycles. The standard InChI is InChI=1S/C10H15N3/c1-7(2)9-6-11-13(12-9)10-3-8(4-10)5-10/h6-8H,3-5H2,1-2H3. The van der Waals surface area contributed by atoms with E-state index >= 15 is 0 Å². The predicted molar refractivity (Wildman–Crippen MR) is 49.4 cm³/mol. The van der Waals surface area contributed by atoms with Crippen LogP contribution in [0.25, 0.3) is 0 Å². The monoisotopic (exact) mass is 177 g/mol. The first-order valence-electron chi connectivity index (χ1n) is 5.12. The Morgan fingerprint density at radius 2 is 2.15 bits per heavy atom. The Balaban J connectivity index is 1.89. The van der Waals surface area contributed by atoms with Crippen molar-refractivity contribution in [2.75, 3.05) is 0 Å². The van der Waals surface area contributed by atoms with Crippen LogP contribution in [-0.2, 0) is 5.54 Å². The van der Waals surface area contributed by atoms with Crippen LogP contribution in [0.15, 0.2) is 6.20 Å². The fourth-order valence-electron chi connectivity index (χ4n) is 2.45. The molecular weight excluding hydrogens is 162 g/mol. The molecular formula is C10H15N3. The van der Waals surface area contributed by atoms with Crippen LogP contribution >= 0.6 is 0 Å². The Hall–Kier alpha value is -0.860. The number of hydrogen-bond acceptors (Lipinski definition) is 2. The highest BCUT2D eigenvalue weighted by atomic mass is 15.5. The summed E-state index contributed by atoms with van der Waals surface area (Å²) in [4.78, 5) is 1.97. The van der Waals surface area contributed by atoms with Gasteiger partial charge < -0.3 is 0 Å². The summed E-state index contributed by atoms with van der Waals surface area (Å²) in [5.41, 5.74) is 1.49. The average molecular weight is 177 g/mol. The lowest BCUT2D eigenvalue weighted by molar-refractivity contribution is -0.108. The first-order chi connectivity index (χ1) is 6.20. The molecule has 0 amide bonds. The van der Waals surface area contributed by atoms with Gasteiger partial charge in [-0.15, -0.1) is 0 Å². The number of nitrogens with zero attached hydrogens (tertiary/aromatic N) is 3. The predicted octanol–water partition coefficient (Wildman–Crippen LogP) is 1.91. The van der Waals surface area contributed by atoms with Crippen molar-refractivity contribution in [1.82, 2.24) is 15.0 Å². The Morgan fingerprint density at radius 3 is 2.54 bits per heavy atom. The van der Waals surface area contributed by atoms with E-state index in [4.69, 9.17) is 0 Å². The lowest BCUT2D eigenvalue weighted by Crippen LogP contribution is -2.60. The summed E-state index contributed by atoms with van der Waals surface area (Å²) < 4.78 is 0. The molecule has 0 saturated heterocycles.